The largest absolute Gasteiger partial charge is 0.382 e. The predicted molar refractivity (Wildman–Crippen MR) is 110 cm³/mol. The molecule has 1 N–H and O–H groups in total. The summed E-state index contributed by atoms with van der Waals surface area (Å²) in [6.07, 6.45) is 1.82. The second-order valence-corrected chi connectivity index (χ2v) is 7.01. The van der Waals surface area contributed by atoms with Crippen molar-refractivity contribution in [2.75, 3.05) is 33.9 Å². The average Bonchev–Trinajstić information content (AvgIpc) is 2.77. The number of nitrogens with one attached hydrogen (secondary N) is 1. The Morgan fingerprint density at radius 2 is 2.13 bits per heavy atom. The molecular weight excluding hydrogens is 410 g/mol. The Balaban J connectivity index is 1.95. The Kier molecular flexibility index (Phi) is 7.09. The summed E-state index contributed by atoms with van der Waals surface area (Å²) in [6.45, 7) is 4.64. The maximum Gasteiger partial charge on any atom is 0.269 e. The third-order valence-electron chi connectivity index (χ3n) is 4.58. The highest BCUT2D eigenvalue weighted by molar-refractivity contribution is 6.29. The first kappa shape index (κ1) is 21.8. The van der Waals surface area contributed by atoms with Crippen LogP contribution in [0, 0.1) is 0 Å². The van der Waals surface area contributed by atoms with Crippen LogP contribution in [0.15, 0.2) is 37.2 Å². The number of rotatable bonds is 6. The van der Waals surface area contributed by atoms with Gasteiger partial charge >= 0.3 is 0 Å². The van der Waals surface area contributed by atoms with Gasteiger partial charge in [0.15, 0.2) is 0 Å². The molecule has 0 aliphatic carbocycles. The van der Waals surface area contributed by atoms with Crippen LogP contribution in [0.5, 0.6) is 0 Å². The van der Waals surface area contributed by atoms with Crippen molar-refractivity contribution in [1.29, 1.82) is 0 Å². The third kappa shape index (κ3) is 4.99. The Bertz CT molecular complexity index is 955. The van der Waals surface area contributed by atoms with Crippen molar-refractivity contribution in [2.45, 2.75) is 12.2 Å². The van der Waals surface area contributed by atoms with Crippen LogP contribution in [-0.2, 0) is 14.3 Å². The standard InChI is InChI=1S/C20H22ClN5O4/c1-4-19(27)26-8-13(10-29-3)30-17(9-26)12-5-15(25-18(21)6-12)14-7-16(20(28)22-2)24-11-23-14/h4-7,11,13,17H,1,8-10H2,2-3H3,(H,22,28)/t13-,17-/m1/s1. The smallest absolute Gasteiger partial charge is 0.269 e. The quantitative estimate of drug-likeness (QED) is 0.547. The van der Waals surface area contributed by atoms with Gasteiger partial charge in [0.2, 0.25) is 5.91 Å². The number of aromatic nitrogens is 3. The number of ether oxygens (including phenoxy) is 2. The van der Waals surface area contributed by atoms with Gasteiger partial charge < -0.3 is 19.7 Å². The lowest BCUT2D eigenvalue weighted by molar-refractivity contribution is -0.146. The van der Waals surface area contributed by atoms with Crippen molar-refractivity contribution >= 4 is 23.4 Å². The summed E-state index contributed by atoms with van der Waals surface area (Å²) in [5.74, 6) is -0.520. The van der Waals surface area contributed by atoms with E-state index in [1.54, 1.807) is 24.1 Å². The van der Waals surface area contributed by atoms with E-state index in [-0.39, 0.29) is 28.8 Å². The van der Waals surface area contributed by atoms with Crippen molar-refractivity contribution < 1.29 is 19.1 Å². The third-order valence-corrected chi connectivity index (χ3v) is 4.78. The molecule has 0 bridgehead atoms. The minimum absolute atomic E-state index is 0.184. The fraction of sp³-hybridized carbons (Fsp3) is 0.350. The number of hydrogen-bond donors (Lipinski definition) is 1. The van der Waals surface area contributed by atoms with Crippen LogP contribution in [0.4, 0.5) is 0 Å². The van der Waals surface area contributed by atoms with Gasteiger partial charge in [0, 0.05) is 20.7 Å². The van der Waals surface area contributed by atoms with Crippen LogP contribution in [0.25, 0.3) is 11.4 Å². The number of amides is 2. The molecule has 9 nitrogen and oxygen atoms in total. The van der Waals surface area contributed by atoms with Crippen molar-refractivity contribution in [1.82, 2.24) is 25.2 Å². The number of pyridine rings is 1. The van der Waals surface area contributed by atoms with E-state index in [0.717, 1.165) is 5.56 Å². The summed E-state index contributed by atoms with van der Waals surface area (Å²) in [5.41, 5.74) is 1.84. The zero-order chi connectivity index (χ0) is 21.7. The number of hydrogen-bond acceptors (Lipinski definition) is 7. The molecular formula is C20H22ClN5O4. The molecule has 1 saturated heterocycles. The molecule has 158 valence electrons. The lowest BCUT2D eigenvalue weighted by atomic mass is 10.1. The molecule has 30 heavy (non-hydrogen) atoms. The maximum atomic E-state index is 12.2. The Labute approximate surface area is 179 Å². The normalized spacial score (nSPS) is 18.7. The minimum atomic E-state index is -0.442. The topological polar surface area (TPSA) is 107 Å². The molecule has 2 aromatic rings. The van der Waals surface area contributed by atoms with Gasteiger partial charge in [0.25, 0.3) is 5.91 Å². The SMILES string of the molecule is C=CC(=O)N1C[C@H](COC)O[C@@H](c2cc(Cl)nc(-c3cc(C(=O)NC)ncn3)c2)C1. The van der Waals surface area contributed by atoms with Gasteiger partial charge in [0.1, 0.15) is 23.3 Å². The first-order valence-corrected chi connectivity index (χ1v) is 9.60. The van der Waals surface area contributed by atoms with E-state index in [9.17, 15) is 9.59 Å². The molecule has 3 heterocycles. The molecule has 0 aromatic carbocycles. The minimum Gasteiger partial charge on any atom is -0.382 e. The van der Waals surface area contributed by atoms with Gasteiger partial charge in [-0.05, 0) is 29.8 Å². The van der Waals surface area contributed by atoms with Crippen molar-refractivity contribution in [3.63, 3.8) is 0 Å². The molecule has 1 aliphatic heterocycles. The van der Waals surface area contributed by atoms with Crippen LogP contribution >= 0.6 is 11.6 Å². The molecule has 0 radical (unpaired) electrons. The second-order valence-electron chi connectivity index (χ2n) is 6.63. The lowest BCUT2D eigenvalue weighted by Gasteiger charge is -2.37. The number of nitrogens with zero attached hydrogens (tertiary/aromatic N) is 4. The summed E-state index contributed by atoms with van der Waals surface area (Å²) in [7, 11) is 3.10. The van der Waals surface area contributed by atoms with E-state index in [4.69, 9.17) is 21.1 Å². The van der Waals surface area contributed by atoms with Gasteiger partial charge in [0.05, 0.1) is 30.6 Å². The molecule has 2 atom stereocenters. The molecule has 2 amide bonds. The van der Waals surface area contributed by atoms with Crippen LogP contribution in [-0.4, -0.2) is 71.6 Å². The molecule has 1 aliphatic rings. The van der Waals surface area contributed by atoms with E-state index in [2.05, 4.69) is 26.8 Å². The van der Waals surface area contributed by atoms with Crippen LogP contribution in [0.3, 0.4) is 0 Å². The fourth-order valence-electron chi connectivity index (χ4n) is 3.19. The number of halogens is 1. The Morgan fingerprint density at radius 1 is 1.33 bits per heavy atom. The van der Waals surface area contributed by atoms with Gasteiger partial charge in [-0.25, -0.2) is 15.0 Å². The summed E-state index contributed by atoms with van der Waals surface area (Å²) in [6, 6.07) is 4.99. The summed E-state index contributed by atoms with van der Waals surface area (Å²) >= 11 is 6.26. The molecule has 10 heteroatoms. The zero-order valence-electron chi connectivity index (χ0n) is 16.7. The Morgan fingerprint density at radius 3 is 2.83 bits per heavy atom. The van der Waals surface area contributed by atoms with Crippen LogP contribution in [0.1, 0.15) is 22.2 Å². The summed E-state index contributed by atoms with van der Waals surface area (Å²) in [4.78, 5) is 38.2. The highest BCUT2D eigenvalue weighted by Gasteiger charge is 2.31. The number of carbonyl (C=O) groups excluding carboxylic acids is 2. The molecule has 1 fully saturated rings. The van der Waals surface area contributed by atoms with E-state index >= 15 is 0 Å². The first-order chi connectivity index (χ1) is 14.4. The lowest BCUT2D eigenvalue weighted by Crippen LogP contribution is -2.47. The summed E-state index contributed by atoms with van der Waals surface area (Å²) in [5, 5.41) is 2.76. The molecule has 2 aromatic heterocycles. The van der Waals surface area contributed by atoms with E-state index in [0.29, 0.717) is 31.1 Å². The van der Waals surface area contributed by atoms with Crippen LogP contribution < -0.4 is 5.32 Å². The molecule has 0 saturated carbocycles. The van der Waals surface area contributed by atoms with Crippen LogP contribution in [0.2, 0.25) is 5.15 Å². The average molecular weight is 432 g/mol. The van der Waals surface area contributed by atoms with E-state index < -0.39 is 6.10 Å². The number of methoxy groups -OCH3 is 1. The van der Waals surface area contributed by atoms with Gasteiger partial charge in [-0.1, -0.05) is 18.2 Å². The predicted octanol–water partition coefficient (Wildman–Crippen LogP) is 1.65. The van der Waals surface area contributed by atoms with Gasteiger partial charge in [-0.2, -0.15) is 0 Å². The maximum absolute atomic E-state index is 12.2. The number of morpholine rings is 1. The van der Waals surface area contributed by atoms with Gasteiger partial charge in [-0.15, -0.1) is 0 Å². The first-order valence-electron chi connectivity index (χ1n) is 9.22. The zero-order valence-corrected chi connectivity index (χ0v) is 17.4. The monoisotopic (exact) mass is 431 g/mol. The molecule has 0 unspecified atom stereocenters. The Hall–Kier alpha value is -2.88. The fourth-order valence-corrected chi connectivity index (χ4v) is 3.41. The highest BCUT2D eigenvalue weighted by atomic mass is 35.5. The highest BCUT2D eigenvalue weighted by Crippen LogP contribution is 2.30. The van der Waals surface area contributed by atoms with Crippen molar-refractivity contribution in [3.05, 3.63) is 53.6 Å². The van der Waals surface area contributed by atoms with Gasteiger partial charge in [-0.3, -0.25) is 9.59 Å². The molecule has 3 rings (SSSR count). The van der Waals surface area contributed by atoms with E-state index in [1.165, 1.54) is 25.5 Å². The molecule has 0 spiro atoms. The summed E-state index contributed by atoms with van der Waals surface area (Å²) < 4.78 is 11.3. The van der Waals surface area contributed by atoms with E-state index in [1.807, 2.05) is 0 Å². The van der Waals surface area contributed by atoms with Crippen molar-refractivity contribution in [3.8, 4) is 11.4 Å². The van der Waals surface area contributed by atoms with Crippen molar-refractivity contribution in [2.24, 2.45) is 0 Å². The number of carbonyl (C=O) groups is 2. The second kappa shape index (κ2) is 9.75.